The van der Waals surface area contributed by atoms with Gasteiger partial charge in [-0.25, -0.2) is 9.97 Å². The van der Waals surface area contributed by atoms with Crippen LogP contribution in [0.15, 0.2) is 39.3 Å². The molecule has 1 aromatic carbocycles. The van der Waals surface area contributed by atoms with E-state index < -0.39 is 0 Å². The number of thiazole rings is 1. The van der Waals surface area contributed by atoms with E-state index in [0.29, 0.717) is 16.7 Å². The van der Waals surface area contributed by atoms with Crippen molar-refractivity contribution in [2.75, 3.05) is 0 Å². The van der Waals surface area contributed by atoms with Crippen molar-refractivity contribution in [2.45, 2.75) is 23.4 Å². The minimum atomic E-state index is -0.346. The molecule has 0 fully saturated rings. The Balaban J connectivity index is 1.66. The van der Waals surface area contributed by atoms with Gasteiger partial charge in [0.1, 0.15) is 6.26 Å². The van der Waals surface area contributed by atoms with Gasteiger partial charge in [0.2, 0.25) is 11.8 Å². The lowest BCUT2D eigenvalue weighted by Crippen LogP contribution is -2.13. The molecule has 3 aromatic rings. The highest BCUT2D eigenvalue weighted by molar-refractivity contribution is 8.00. The molecular weight excluding hydrogens is 366 g/mol. The zero-order chi connectivity index (χ0) is 17.1. The van der Waals surface area contributed by atoms with Gasteiger partial charge in [-0.15, -0.1) is 11.3 Å². The molecule has 0 aliphatic heterocycles. The van der Waals surface area contributed by atoms with E-state index in [9.17, 15) is 4.79 Å². The molecule has 0 atom stereocenters. The number of primary amides is 1. The first-order valence-electron chi connectivity index (χ1n) is 7.09. The van der Waals surface area contributed by atoms with Crippen LogP contribution in [-0.4, -0.2) is 15.9 Å². The second kappa shape index (κ2) is 7.38. The summed E-state index contributed by atoms with van der Waals surface area (Å²) in [5.41, 5.74) is 7.74. The van der Waals surface area contributed by atoms with Gasteiger partial charge in [-0.2, -0.15) is 0 Å². The SMILES string of the molecule is Cc1nc(SCc2coc(-c3cccc(Cl)c3)n2)sc1CC(N)=O. The summed E-state index contributed by atoms with van der Waals surface area (Å²) in [5, 5.41) is 0.641. The number of nitrogens with zero attached hydrogens (tertiary/aromatic N) is 2. The van der Waals surface area contributed by atoms with Gasteiger partial charge < -0.3 is 10.2 Å². The number of aryl methyl sites for hydroxylation is 1. The van der Waals surface area contributed by atoms with Crippen LogP contribution in [0.4, 0.5) is 0 Å². The van der Waals surface area contributed by atoms with Crippen molar-refractivity contribution in [1.29, 1.82) is 0 Å². The lowest BCUT2D eigenvalue weighted by Gasteiger charge is -1.95. The molecule has 0 aliphatic carbocycles. The number of halogens is 1. The van der Waals surface area contributed by atoms with Crippen LogP contribution in [-0.2, 0) is 17.0 Å². The van der Waals surface area contributed by atoms with E-state index in [-0.39, 0.29) is 12.3 Å². The van der Waals surface area contributed by atoms with Gasteiger partial charge in [-0.05, 0) is 25.1 Å². The van der Waals surface area contributed by atoms with Crippen LogP contribution in [0, 0.1) is 6.92 Å². The normalized spacial score (nSPS) is 10.9. The highest BCUT2D eigenvalue weighted by atomic mass is 35.5. The maximum absolute atomic E-state index is 11.0. The van der Waals surface area contributed by atoms with Crippen molar-refractivity contribution < 1.29 is 9.21 Å². The molecule has 0 saturated heterocycles. The molecule has 0 bridgehead atoms. The molecule has 0 unspecified atom stereocenters. The van der Waals surface area contributed by atoms with Gasteiger partial charge in [0, 0.05) is 21.2 Å². The number of thioether (sulfide) groups is 1. The van der Waals surface area contributed by atoms with Gasteiger partial charge in [0.05, 0.1) is 17.8 Å². The Morgan fingerprint density at radius 2 is 2.25 bits per heavy atom. The summed E-state index contributed by atoms with van der Waals surface area (Å²) in [6.07, 6.45) is 1.86. The van der Waals surface area contributed by atoms with Crippen molar-refractivity contribution in [3.05, 3.63) is 51.8 Å². The summed E-state index contributed by atoms with van der Waals surface area (Å²) in [6, 6.07) is 7.37. The van der Waals surface area contributed by atoms with E-state index in [1.165, 1.54) is 11.3 Å². The van der Waals surface area contributed by atoms with Crippen molar-refractivity contribution in [2.24, 2.45) is 5.73 Å². The number of oxazole rings is 1. The highest BCUT2D eigenvalue weighted by Gasteiger charge is 2.12. The van der Waals surface area contributed by atoms with Gasteiger partial charge in [-0.1, -0.05) is 29.4 Å². The monoisotopic (exact) mass is 379 g/mol. The largest absolute Gasteiger partial charge is 0.444 e. The molecule has 0 saturated carbocycles. The number of hydrogen-bond acceptors (Lipinski definition) is 6. The predicted octanol–water partition coefficient (Wildman–Crippen LogP) is 4.08. The van der Waals surface area contributed by atoms with Gasteiger partial charge in [-0.3, -0.25) is 4.79 Å². The van der Waals surface area contributed by atoms with Gasteiger partial charge in [0.15, 0.2) is 4.34 Å². The number of aromatic nitrogens is 2. The third kappa shape index (κ3) is 4.17. The number of hydrogen-bond donors (Lipinski definition) is 1. The first-order chi connectivity index (χ1) is 11.5. The zero-order valence-corrected chi connectivity index (χ0v) is 15.2. The topological polar surface area (TPSA) is 82.0 Å². The highest BCUT2D eigenvalue weighted by Crippen LogP contribution is 2.30. The second-order valence-corrected chi connectivity index (χ2v) is 7.82. The van der Waals surface area contributed by atoms with E-state index in [0.717, 1.165) is 26.2 Å². The molecule has 0 spiro atoms. The van der Waals surface area contributed by atoms with E-state index >= 15 is 0 Å². The van der Waals surface area contributed by atoms with Crippen LogP contribution in [0.25, 0.3) is 11.5 Å². The van der Waals surface area contributed by atoms with E-state index in [1.807, 2.05) is 25.1 Å². The van der Waals surface area contributed by atoms with Crippen LogP contribution >= 0.6 is 34.7 Å². The molecule has 24 heavy (non-hydrogen) atoms. The Bertz CT molecular complexity index is 876. The van der Waals surface area contributed by atoms with Crippen molar-refractivity contribution in [3.8, 4) is 11.5 Å². The van der Waals surface area contributed by atoms with Crippen molar-refractivity contribution in [1.82, 2.24) is 9.97 Å². The van der Waals surface area contributed by atoms with Crippen LogP contribution in [0.2, 0.25) is 5.02 Å². The maximum Gasteiger partial charge on any atom is 0.226 e. The molecule has 3 rings (SSSR count). The number of amides is 1. The minimum Gasteiger partial charge on any atom is -0.444 e. The van der Waals surface area contributed by atoms with Crippen molar-refractivity contribution in [3.63, 3.8) is 0 Å². The molecule has 2 N–H and O–H groups in total. The Morgan fingerprint density at radius 1 is 1.42 bits per heavy atom. The summed E-state index contributed by atoms with van der Waals surface area (Å²) in [5.74, 6) is 0.825. The quantitative estimate of drug-likeness (QED) is 0.652. The average Bonchev–Trinajstić information content (AvgIpc) is 3.12. The number of benzene rings is 1. The molecule has 8 heteroatoms. The van der Waals surface area contributed by atoms with E-state index in [4.69, 9.17) is 21.8 Å². The number of rotatable bonds is 6. The molecular formula is C16H14ClN3O2S2. The van der Waals surface area contributed by atoms with E-state index in [2.05, 4.69) is 9.97 Å². The summed E-state index contributed by atoms with van der Waals surface area (Å²) in [7, 11) is 0. The standard InChI is InChI=1S/C16H14ClN3O2S2/c1-9-13(6-14(18)21)24-16(19-9)23-8-12-7-22-15(20-12)10-3-2-4-11(17)5-10/h2-5,7H,6,8H2,1H3,(H2,18,21). The van der Waals surface area contributed by atoms with Crippen LogP contribution in [0.5, 0.6) is 0 Å². The Morgan fingerprint density at radius 3 is 3.00 bits per heavy atom. The Hall–Kier alpha value is -1.83. The first kappa shape index (κ1) is 17.0. The molecule has 0 aliphatic rings. The molecule has 5 nitrogen and oxygen atoms in total. The summed E-state index contributed by atoms with van der Waals surface area (Å²) < 4.78 is 6.40. The summed E-state index contributed by atoms with van der Waals surface area (Å²) in [6.45, 7) is 1.88. The fraction of sp³-hybridized carbons (Fsp3) is 0.188. The van der Waals surface area contributed by atoms with Crippen LogP contribution in [0.3, 0.4) is 0 Å². The Kier molecular flexibility index (Phi) is 5.23. The molecule has 1 amide bonds. The number of carbonyl (C=O) groups is 1. The fourth-order valence-electron chi connectivity index (χ4n) is 2.05. The zero-order valence-electron chi connectivity index (χ0n) is 12.8. The molecule has 124 valence electrons. The molecule has 2 heterocycles. The van der Waals surface area contributed by atoms with Gasteiger partial charge >= 0.3 is 0 Å². The first-order valence-corrected chi connectivity index (χ1v) is 9.27. The van der Waals surface area contributed by atoms with Crippen molar-refractivity contribution >= 4 is 40.6 Å². The van der Waals surface area contributed by atoms with E-state index in [1.54, 1.807) is 24.1 Å². The summed E-state index contributed by atoms with van der Waals surface area (Å²) >= 11 is 9.02. The lowest BCUT2D eigenvalue weighted by atomic mass is 10.2. The Labute approximate surface area is 152 Å². The van der Waals surface area contributed by atoms with Crippen LogP contribution < -0.4 is 5.73 Å². The third-order valence-corrected chi connectivity index (χ3v) is 5.74. The smallest absolute Gasteiger partial charge is 0.226 e. The maximum atomic E-state index is 11.0. The second-order valence-electron chi connectivity index (χ2n) is 5.07. The third-order valence-electron chi connectivity index (χ3n) is 3.17. The minimum absolute atomic E-state index is 0.229. The average molecular weight is 380 g/mol. The van der Waals surface area contributed by atoms with Crippen LogP contribution in [0.1, 0.15) is 16.3 Å². The predicted molar refractivity (Wildman–Crippen MR) is 96.3 cm³/mol. The summed E-state index contributed by atoms with van der Waals surface area (Å²) in [4.78, 5) is 20.9. The number of carbonyl (C=O) groups excluding carboxylic acids is 1. The fourth-order valence-corrected chi connectivity index (χ4v) is 4.36. The number of nitrogens with two attached hydrogens (primary N) is 1. The lowest BCUT2D eigenvalue weighted by molar-refractivity contribution is -0.117. The molecule has 2 aromatic heterocycles. The van der Waals surface area contributed by atoms with Gasteiger partial charge in [0.25, 0.3) is 0 Å². The molecule has 0 radical (unpaired) electrons.